The predicted octanol–water partition coefficient (Wildman–Crippen LogP) is 0.0696. The molecule has 336 valence electrons. The summed E-state index contributed by atoms with van der Waals surface area (Å²) in [6.07, 6.45) is 13.0. The number of sulfonamides is 1. The first-order chi connectivity index (χ1) is 28.8. The molecule has 0 aromatic rings. The Labute approximate surface area is 357 Å². The average Bonchev–Trinajstić information content (AvgIpc) is 3.97. The van der Waals surface area contributed by atoms with Crippen LogP contribution >= 0.6 is 11.8 Å². The molecule has 4 aliphatic heterocycles. The molecule has 6 fully saturated rings. The zero-order valence-electron chi connectivity index (χ0n) is 34.8. The van der Waals surface area contributed by atoms with Gasteiger partial charge >= 0.3 is 0 Å². The molecule has 7 amide bonds. The van der Waals surface area contributed by atoms with Crippen LogP contribution in [0.15, 0.2) is 0 Å². The minimum Gasteiger partial charge on any atom is -0.379 e. The molecular weight excluding hydrogens is 817 g/mol. The molecular formula is C40H64N8O10S2. The van der Waals surface area contributed by atoms with Crippen molar-refractivity contribution in [1.82, 2.24) is 41.1 Å². The van der Waals surface area contributed by atoms with Gasteiger partial charge in [-0.25, -0.2) is 12.7 Å². The lowest BCUT2D eigenvalue weighted by Crippen LogP contribution is -2.55. The monoisotopic (exact) mass is 880 g/mol. The summed E-state index contributed by atoms with van der Waals surface area (Å²) in [6.45, 7) is 1.71. The molecule has 60 heavy (non-hydrogen) atoms. The predicted molar refractivity (Wildman–Crippen MR) is 222 cm³/mol. The molecule has 2 saturated carbocycles. The number of rotatable bonds is 20. The summed E-state index contributed by atoms with van der Waals surface area (Å²) in [6, 6.07) is -1.47. The van der Waals surface area contributed by atoms with Gasteiger partial charge in [0.25, 0.3) is 0 Å². The van der Waals surface area contributed by atoms with Crippen molar-refractivity contribution in [2.75, 3.05) is 51.4 Å². The molecule has 0 aromatic carbocycles. The third kappa shape index (κ3) is 12.5. The number of thioether (sulfide) groups is 1. The second-order valence-electron chi connectivity index (χ2n) is 17.3. The molecule has 2 aliphatic carbocycles. The Morgan fingerprint density at radius 2 is 1.68 bits per heavy atom. The third-order valence-corrected chi connectivity index (χ3v) is 15.4. The maximum Gasteiger partial charge on any atom is 0.249 e. The van der Waals surface area contributed by atoms with E-state index in [2.05, 4.69) is 31.9 Å². The standard InChI is InChI=1S/C40H64N8O10S2/c1-60(56,57)47-19-16-26(22-47)35(51)43-30(36(52)46-40-44-31(24-59-40)25-9-4-2-5-10-25)23-58-20-8-11-33(49)42-18-7-3-6-17-41-27-12-13-28-29(21-27)39(55)48(38(28)54)32-14-15-34(50)45-37(32)53/h25-32,40-41,44H,2-24H2,1H3,(H,42,49)(H,43,51)(H,46,52)(H,45,50,53)/t26?,27?,28?,29?,30-,31?,32?,40?/m0/s1. The number of nitrogens with one attached hydrogen (secondary N) is 6. The number of hydrogen-bond acceptors (Lipinski definition) is 13. The van der Waals surface area contributed by atoms with Crippen molar-refractivity contribution >= 4 is 63.1 Å². The highest BCUT2D eigenvalue weighted by Gasteiger charge is 2.54. The highest BCUT2D eigenvalue weighted by Crippen LogP contribution is 2.40. The number of amides is 7. The molecule has 8 atom stereocenters. The minimum absolute atomic E-state index is 0.0689. The van der Waals surface area contributed by atoms with Crippen molar-refractivity contribution < 1.29 is 46.7 Å². The smallest absolute Gasteiger partial charge is 0.249 e. The minimum atomic E-state index is -3.43. The van der Waals surface area contributed by atoms with E-state index >= 15 is 0 Å². The molecule has 20 heteroatoms. The van der Waals surface area contributed by atoms with Crippen molar-refractivity contribution in [3.8, 4) is 0 Å². The Balaban J connectivity index is 0.839. The van der Waals surface area contributed by atoms with E-state index in [1.165, 1.54) is 36.4 Å². The van der Waals surface area contributed by atoms with Crippen LogP contribution < -0.4 is 31.9 Å². The fourth-order valence-corrected chi connectivity index (χ4v) is 11.7. The second-order valence-corrected chi connectivity index (χ2v) is 20.5. The van der Waals surface area contributed by atoms with Gasteiger partial charge in [0, 0.05) is 56.9 Å². The molecule has 7 unspecified atom stereocenters. The van der Waals surface area contributed by atoms with Gasteiger partial charge in [0.05, 0.1) is 30.6 Å². The number of nitrogens with zero attached hydrogens (tertiary/aromatic N) is 2. The van der Waals surface area contributed by atoms with Crippen LogP contribution in [0.4, 0.5) is 0 Å². The Morgan fingerprint density at radius 1 is 0.917 bits per heavy atom. The van der Waals surface area contributed by atoms with Crippen molar-refractivity contribution in [2.45, 2.75) is 132 Å². The third-order valence-electron chi connectivity index (χ3n) is 13.0. The summed E-state index contributed by atoms with van der Waals surface area (Å²) < 4.78 is 31.1. The largest absolute Gasteiger partial charge is 0.379 e. The van der Waals surface area contributed by atoms with Crippen LogP contribution in [-0.4, -0.2) is 140 Å². The van der Waals surface area contributed by atoms with E-state index in [1.54, 1.807) is 11.8 Å². The molecule has 18 nitrogen and oxygen atoms in total. The van der Waals surface area contributed by atoms with Gasteiger partial charge in [-0.2, -0.15) is 0 Å². The van der Waals surface area contributed by atoms with Crippen LogP contribution in [-0.2, 0) is 48.3 Å². The van der Waals surface area contributed by atoms with Crippen molar-refractivity contribution in [3.05, 3.63) is 0 Å². The zero-order valence-corrected chi connectivity index (χ0v) is 36.4. The topological polar surface area (TPSA) is 242 Å². The van der Waals surface area contributed by atoms with Crippen LogP contribution in [0.2, 0.25) is 0 Å². The number of carbonyl (C=O) groups is 7. The van der Waals surface area contributed by atoms with Gasteiger partial charge in [0.2, 0.25) is 51.4 Å². The molecule has 6 aliphatic rings. The van der Waals surface area contributed by atoms with Crippen molar-refractivity contribution in [3.63, 3.8) is 0 Å². The fourth-order valence-electron chi connectivity index (χ4n) is 9.54. The van der Waals surface area contributed by atoms with E-state index in [-0.39, 0.29) is 86.6 Å². The maximum atomic E-state index is 13.5. The van der Waals surface area contributed by atoms with Crippen molar-refractivity contribution in [2.24, 2.45) is 23.7 Å². The summed E-state index contributed by atoms with van der Waals surface area (Å²) in [4.78, 5) is 90.5. The van der Waals surface area contributed by atoms with Gasteiger partial charge in [-0.1, -0.05) is 25.7 Å². The van der Waals surface area contributed by atoms with Crippen LogP contribution in [0.3, 0.4) is 0 Å². The van der Waals surface area contributed by atoms with Gasteiger partial charge < -0.3 is 26.0 Å². The summed E-state index contributed by atoms with van der Waals surface area (Å²) >= 11 is 1.64. The Bertz CT molecular complexity index is 1700. The average molecular weight is 881 g/mol. The van der Waals surface area contributed by atoms with E-state index in [0.717, 1.165) is 49.1 Å². The number of imide groups is 2. The number of hydrogen-bond donors (Lipinski definition) is 6. The summed E-state index contributed by atoms with van der Waals surface area (Å²) in [7, 11) is -3.43. The van der Waals surface area contributed by atoms with Crippen LogP contribution in [0.25, 0.3) is 0 Å². The van der Waals surface area contributed by atoms with E-state index in [4.69, 9.17) is 4.74 Å². The van der Waals surface area contributed by atoms with E-state index in [0.29, 0.717) is 44.2 Å². The molecule has 0 radical (unpaired) electrons. The molecule has 6 rings (SSSR count). The summed E-state index contributed by atoms with van der Waals surface area (Å²) in [5, 5.41) is 18.1. The van der Waals surface area contributed by atoms with Crippen LogP contribution in [0.5, 0.6) is 0 Å². The van der Waals surface area contributed by atoms with Gasteiger partial charge in [0.1, 0.15) is 17.6 Å². The highest BCUT2D eigenvalue weighted by atomic mass is 32.2. The van der Waals surface area contributed by atoms with Gasteiger partial charge in [0.15, 0.2) is 0 Å². The number of unbranched alkanes of at least 4 members (excludes halogenated alkanes) is 2. The SMILES string of the molecule is CS(=O)(=O)N1CCC(C(=O)N[C@@H](COCCCC(=O)NCCCCCNC2CCC3C(=O)N(C4CCC(=O)NC4=O)C(=O)C3C2)C(=O)NC2NC(C3CCCCC3)CS2)C1. The zero-order chi connectivity index (χ0) is 42.8. The number of carbonyl (C=O) groups excluding carboxylic acids is 7. The van der Waals surface area contributed by atoms with E-state index in [9.17, 15) is 42.0 Å². The first-order valence-corrected chi connectivity index (χ1v) is 24.9. The van der Waals surface area contributed by atoms with Crippen LogP contribution in [0, 0.1) is 23.7 Å². The number of ether oxygens (including phenoxy) is 1. The lowest BCUT2D eigenvalue weighted by molar-refractivity contribution is -0.151. The van der Waals surface area contributed by atoms with E-state index in [1.807, 2.05) is 0 Å². The molecule has 4 heterocycles. The molecule has 0 aromatic heterocycles. The Kier molecular flexibility index (Phi) is 16.8. The maximum absolute atomic E-state index is 13.5. The fraction of sp³-hybridized carbons (Fsp3) is 0.825. The second kappa shape index (κ2) is 21.8. The quantitative estimate of drug-likeness (QED) is 0.0702. The first-order valence-electron chi connectivity index (χ1n) is 22.0. The number of fused-ring (bicyclic) bond motifs is 1. The lowest BCUT2D eigenvalue weighted by Gasteiger charge is -2.29. The van der Waals surface area contributed by atoms with Crippen LogP contribution in [0.1, 0.15) is 103 Å². The molecule has 0 spiro atoms. The first kappa shape index (κ1) is 46.3. The highest BCUT2D eigenvalue weighted by molar-refractivity contribution is 8.00. The Hall–Kier alpha value is -3.17. The summed E-state index contributed by atoms with van der Waals surface area (Å²) in [5.74, 6) is -2.39. The van der Waals surface area contributed by atoms with Gasteiger partial charge in [-0.3, -0.25) is 49.1 Å². The number of likely N-dealkylation sites (tertiary alicyclic amines) is 1. The summed E-state index contributed by atoms with van der Waals surface area (Å²) in [5.41, 5.74) is -0.283. The Morgan fingerprint density at radius 3 is 2.43 bits per heavy atom. The van der Waals surface area contributed by atoms with Gasteiger partial charge in [-0.15, -0.1) is 11.8 Å². The normalized spacial score (nSPS) is 29.6. The van der Waals surface area contributed by atoms with Crippen molar-refractivity contribution in [1.29, 1.82) is 0 Å². The van der Waals surface area contributed by atoms with E-state index < -0.39 is 51.7 Å². The lowest BCUT2D eigenvalue weighted by atomic mass is 9.78. The molecule has 0 bridgehead atoms. The van der Waals surface area contributed by atoms with Gasteiger partial charge in [-0.05, 0) is 76.7 Å². The number of piperidine rings is 1. The molecule has 6 N–H and O–H groups in total. The molecule has 4 saturated heterocycles.